The smallest absolute Gasteiger partial charge is 0.316 e. The van der Waals surface area contributed by atoms with Crippen LogP contribution in [0.5, 0.6) is 0 Å². The van der Waals surface area contributed by atoms with Gasteiger partial charge in [0.05, 0.1) is 16.9 Å². The van der Waals surface area contributed by atoms with Crippen LogP contribution < -0.4 is 5.43 Å². The van der Waals surface area contributed by atoms with Crippen molar-refractivity contribution in [3.8, 4) is 5.69 Å². The maximum atomic E-state index is 12.1. The van der Waals surface area contributed by atoms with Gasteiger partial charge in [-0.05, 0) is 38.1 Å². The largest absolute Gasteiger partial charge is 0.473 e. The molecule has 1 N–H and O–H groups in total. The number of halogens is 5. The molecule has 0 radical (unpaired) electrons. The van der Waals surface area contributed by atoms with Gasteiger partial charge in [-0.15, -0.1) is 0 Å². The number of carbonyl (C=O) groups excluding carboxylic acids is 1. The number of hydrazone groups is 1. The monoisotopic (exact) mass is 377 g/mol. The van der Waals surface area contributed by atoms with Crippen LogP contribution >= 0.6 is 23.2 Å². The minimum atomic E-state index is -4.98. The molecule has 0 aliphatic rings. The Kier molecular flexibility index (Phi) is 5.25. The molecule has 0 bridgehead atoms. The van der Waals surface area contributed by atoms with Gasteiger partial charge in [-0.1, -0.05) is 23.2 Å². The fraction of sp³-hybridized carbons (Fsp3) is 0.200. The Hall–Kier alpha value is -1.99. The van der Waals surface area contributed by atoms with E-state index in [1.807, 2.05) is 0 Å². The Morgan fingerprint density at radius 2 is 1.92 bits per heavy atom. The number of nitrogens with zero attached hydrogens (tertiary/aromatic N) is 2. The molecule has 2 aromatic rings. The van der Waals surface area contributed by atoms with E-state index in [4.69, 9.17) is 23.2 Å². The molecule has 1 aromatic heterocycles. The SMILES string of the molecule is Cc1cc(C=NNC(=O)C(F)(F)F)c(C)n1-c1cc(Cl)ccc1Cl. The molecule has 1 heterocycles. The lowest BCUT2D eigenvalue weighted by molar-refractivity contribution is -0.173. The number of nitrogens with one attached hydrogen (secondary N) is 1. The number of carbonyl (C=O) groups is 1. The molecule has 1 aromatic carbocycles. The molecule has 0 unspecified atom stereocenters. The highest BCUT2D eigenvalue weighted by atomic mass is 35.5. The van der Waals surface area contributed by atoms with E-state index in [1.165, 1.54) is 5.43 Å². The second kappa shape index (κ2) is 6.86. The molecule has 0 saturated heterocycles. The van der Waals surface area contributed by atoms with Crippen LogP contribution in [0.15, 0.2) is 29.4 Å². The van der Waals surface area contributed by atoms with Crippen LogP contribution in [0.3, 0.4) is 0 Å². The number of rotatable bonds is 3. The zero-order chi connectivity index (χ0) is 18.1. The second-order valence-corrected chi connectivity index (χ2v) is 5.80. The number of hydrogen-bond donors (Lipinski definition) is 1. The van der Waals surface area contributed by atoms with E-state index in [0.29, 0.717) is 27.0 Å². The Morgan fingerprint density at radius 1 is 1.25 bits per heavy atom. The van der Waals surface area contributed by atoms with Crippen LogP contribution in [0.4, 0.5) is 13.2 Å². The molecular weight excluding hydrogens is 366 g/mol. The molecule has 2 rings (SSSR count). The molecule has 0 spiro atoms. The first-order chi connectivity index (χ1) is 11.1. The molecule has 24 heavy (non-hydrogen) atoms. The minimum absolute atomic E-state index is 0.468. The van der Waals surface area contributed by atoms with Gasteiger partial charge >= 0.3 is 12.1 Å². The number of benzene rings is 1. The van der Waals surface area contributed by atoms with Crippen molar-refractivity contribution in [2.24, 2.45) is 5.10 Å². The second-order valence-electron chi connectivity index (χ2n) is 4.95. The highest BCUT2D eigenvalue weighted by molar-refractivity contribution is 6.34. The molecule has 0 aliphatic carbocycles. The van der Waals surface area contributed by atoms with Crippen LogP contribution in [0, 0.1) is 13.8 Å². The van der Waals surface area contributed by atoms with E-state index in [9.17, 15) is 18.0 Å². The van der Waals surface area contributed by atoms with Gasteiger partial charge in [0, 0.05) is 22.0 Å². The van der Waals surface area contributed by atoms with Crippen LogP contribution in [-0.4, -0.2) is 22.9 Å². The van der Waals surface area contributed by atoms with Crippen molar-refractivity contribution in [1.82, 2.24) is 9.99 Å². The van der Waals surface area contributed by atoms with Gasteiger partial charge in [0.15, 0.2) is 0 Å². The Labute approximate surface area is 145 Å². The number of hydrogen-bond acceptors (Lipinski definition) is 2. The summed E-state index contributed by atoms with van der Waals surface area (Å²) in [4.78, 5) is 10.7. The first-order valence-electron chi connectivity index (χ1n) is 6.66. The summed E-state index contributed by atoms with van der Waals surface area (Å²) in [5, 5.41) is 4.30. The molecule has 0 aliphatic heterocycles. The zero-order valence-corrected chi connectivity index (χ0v) is 14.1. The molecule has 1 amide bonds. The summed E-state index contributed by atoms with van der Waals surface area (Å²) in [6.45, 7) is 3.55. The van der Waals surface area contributed by atoms with Gasteiger partial charge < -0.3 is 4.57 Å². The maximum absolute atomic E-state index is 12.1. The van der Waals surface area contributed by atoms with Crippen molar-refractivity contribution in [3.05, 3.63) is 51.3 Å². The van der Waals surface area contributed by atoms with Crippen LogP contribution in [0.1, 0.15) is 17.0 Å². The Balaban J connectivity index is 2.33. The molecular formula is C15H12Cl2F3N3O. The number of amides is 1. The first kappa shape index (κ1) is 18.4. The van der Waals surface area contributed by atoms with E-state index < -0.39 is 12.1 Å². The zero-order valence-electron chi connectivity index (χ0n) is 12.6. The standard InChI is InChI=1S/C15H12Cl2F3N3O/c1-8-5-10(7-21-22-14(24)15(18,19)20)9(2)23(8)13-6-11(16)3-4-12(13)17/h3-7H,1-2H3,(H,22,24). The van der Waals surface area contributed by atoms with Gasteiger partial charge in [0.25, 0.3) is 0 Å². The van der Waals surface area contributed by atoms with Crippen molar-refractivity contribution in [3.63, 3.8) is 0 Å². The topological polar surface area (TPSA) is 46.4 Å². The molecule has 9 heteroatoms. The number of alkyl halides is 3. The summed E-state index contributed by atoms with van der Waals surface area (Å²) >= 11 is 12.2. The summed E-state index contributed by atoms with van der Waals surface area (Å²) < 4.78 is 38.1. The molecule has 4 nitrogen and oxygen atoms in total. The molecule has 0 atom stereocenters. The predicted molar refractivity (Wildman–Crippen MR) is 87.1 cm³/mol. The van der Waals surface area contributed by atoms with Crippen molar-refractivity contribution in [1.29, 1.82) is 0 Å². The summed E-state index contributed by atoms with van der Waals surface area (Å²) in [6.07, 6.45) is -3.84. The lowest BCUT2D eigenvalue weighted by Crippen LogP contribution is -2.33. The van der Waals surface area contributed by atoms with Crippen molar-refractivity contribution in [2.45, 2.75) is 20.0 Å². The third kappa shape index (κ3) is 3.91. The fourth-order valence-electron chi connectivity index (χ4n) is 2.17. The van der Waals surface area contributed by atoms with E-state index in [2.05, 4.69) is 5.10 Å². The first-order valence-corrected chi connectivity index (χ1v) is 7.41. The Bertz CT molecular complexity index is 813. The third-order valence-corrected chi connectivity index (χ3v) is 3.80. The van der Waals surface area contributed by atoms with Crippen LogP contribution in [0.25, 0.3) is 5.69 Å². The third-order valence-electron chi connectivity index (χ3n) is 3.25. The van der Waals surface area contributed by atoms with E-state index in [0.717, 1.165) is 11.9 Å². The van der Waals surface area contributed by atoms with Crippen LogP contribution in [-0.2, 0) is 4.79 Å². The van der Waals surface area contributed by atoms with E-state index >= 15 is 0 Å². The van der Waals surface area contributed by atoms with Crippen LogP contribution in [0.2, 0.25) is 10.0 Å². The quantitative estimate of drug-likeness (QED) is 0.624. The predicted octanol–water partition coefficient (Wildman–Crippen LogP) is 4.41. The normalized spacial score (nSPS) is 12.0. The van der Waals surface area contributed by atoms with Gasteiger partial charge in [0.2, 0.25) is 0 Å². The van der Waals surface area contributed by atoms with Gasteiger partial charge in [-0.25, -0.2) is 5.43 Å². The average molecular weight is 378 g/mol. The number of aryl methyl sites for hydroxylation is 1. The maximum Gasteiger partial charge on any atom is 0.473 e. The van der Waals surface area contributed by atoms with Gasteiger partial charge in [-0.3, -0.25) is 4.79 Å². The van der Waals surface area contributed by atoms with E-state index in [1.54, 1.807) is 42.7 Å². The minimum Gasteiger partial charge on any atom is -0.316 e. The molecule has 128 valence electrons. The lowest BCUT2D eigenvalue weighted by atomic mass is 10.2. The van der Waals surface area contributed by atoms with Gasteiger partial charge in [-0.2, -0.15) is 18.3 Å². The molecule has 0 fully saturated rings. The highest BCUT2D eigenvalue weighted by Gasteiger charge is 2.38. The Morgan fingerprint density at radius 3 is 2.54 bits per heavy atom. The average Bonchev–Trinajstić information content (AvgIpc) is 2.75. The summed E-state index contributed by atoms with van der Waals surface area (Å²) in [5.41, 5.74) is 4.07. The lowest BCUT2D eigenvalue weighted by Gasteiger charge is -2.12. The summed E-state index contributed by atoms with van der Waals surface area (Å²) in [7, 11) is 0. The van der Waals surface area contributed by atoms with Gasteiger partial charge in [0.1, 0.15) is 0 Å². The van der Waals surface area contributed by atoms with Crippen molar-refractivity contribution < 1.29 is 18.0 Å². The fourth-order valence-corrected chi connectivity index (χ4v) is 2.54. The number of aromatic nitrogens is 1. The van der Waals surface area contributed by atoms with E-state index in [-0.39, 0.29) is 0 Å². The summed E-state index contributed by atoms with van der Waals surface area (Å²) in [5.74, 6) is -2.13. The van der Waals surface area contributed by atoms with Crippen molar-refractivity contribution >= 4 is 35.3 Å². The highest BCUT2D eigenvalue weighted by Crippen LogP contribution is 2.28. The molecule has 0 saturated carbocycles. The summed E-state index contributed by atoms with van der Waals surface area (Å²) in [6, 6.07) is 6.68. The van der Waals surface area contributed by atoms with Crippen molar-refractivity contribution in [2.75, 3.05) is 0 Å².